The predicted octanol–water partition coefficient (Wildman–Crippen LogP) is 3.03. The summed E-state index contributed by atoms with van der Waals surface area (Å²) >= 11 is 7.82. The van der Waals surface area contributed by atoms with Crippen LogP contribution in [0.2, 0.25) is 5.02 Å². The number of aliphatic hydroxyl groups is 1. The first-order valence-corrected chi connectivity index (χ1v) is 6.96. The van der Waals surface area contributed by atoms with Crippen LogP contribution in [-0.4, -0.2) is 22.2 Å². The summed E-state index contributed by atoms with van der Waals surface area (Å²) in [6.45, 7) is 0. The summed E-state index contributed by atoms with van der Waals surface area (Å²) < 4.78 is 6.07. The number of hydrogen-bond donors (Lipinski definition) is 1. The standard InChI is InChI=1S/C12H13ClO2S/c13-8-1-2-11-9(5-8)10(14)6-12(15-11)3-4-16-7-12/h1-2,5,10,14H,3-4,6-7H2. The lowest BCUT2D eigenvalue weighted by atomic mass is 9.88. The highest BCUT2D eigenvalue weighted by atomic mass is 35.5. The average Bonchev–Trinajstić information content (AvgIpc) is 2.68. The Labute approximate surface area is 104 Å². The van der Waals surface area contributed by atoms with Crippen molar-refractivity contribution >= 4 is 23.4 Å². The molecular formula is C12H13ClO2S. The van der Waals surface area contributed by atoms with Gasteiger partial charge in [0.2, 0.25) is 0 Å². The first kappa shape index (κ1) is 10.8. The van der Waals surface area contributed by atoms with Crippen LogP contribution < -0.4 is 4.74 Å². The van der Waals surface area contributed by atoms with Crippen LogP contribution in [0.15, 0.2) is 18.2 Å². The Morgan fingerprint density at radius 3 is 3.12 bits per heavy atom. The van der Waals surface area contributed by atoms with Crippen molar-refractivity contribution in [3.8, 4) is 5.75 Å². The number of rotatable bonds is 0. The minimum atomic E-state index is -0.443. The molecule has 3 rings (SSSR count). The van der Waals surface area contributed by atoms with Crippen molar-refractivity contribution in [2.75, 3.05) is 11.5 Å². The maximum absolute atomic E-state index is 10.2. The zero-order chi connectivity index (χ0) is 11.2. The SMILES string of the molecule is OC1CC2(CCSC2)Oc2ccc(Cl)cc21. The van der Waals surface area contributed by atoms with Crippen LogP contribution in [0.4, 0.5) is 0 Å². The summed E-state index contributed by atoms with van der Waals surface area (Å²) in [5.74, 6) is 2.90. The number of fused-ring (bicyclic) bond motifs is 1. The van der Waals surface area contributed by atoms with Gasteiger partial charge in [0.15, 0.2) is 0 Å². The summed E-state index contributed by atoms with van der Waals surface area (Å²) in [6, 6.07) is 5.48. The van der Waals surface area contributed by atoms with E-state index in [9.17, 15) is 5.11 Å². The molecular weight excluding hydrogens is 244 g/mol. The van der Waals surface area contributed by atoms with E-state index in [1.54, 1.807) is 6.07 Å². The molecule has 86 valence electrons. The van der Waals surface area contributed by atoms with E-state index in [0.29, 0.717) is 11.4 Å². The van der Waals surface area contributed by atoms with Gasteiger partial charge in [-0.25, -0.2) is 0 Å². The van der Waals surface area contributed by atoms with Gasteiger partial charge in [0.05, 0.1) is 6.10 Å². The molecule has 1 aromatic carbocycles. The Morgan fingerprint density at radius 2 is 2.38 bits per heavy atom. The molecule has 0 aromatic heterocycles. The zero-order valence-electron chi connectivity index (χ0n) is 8.78. The van der Waals surface area contributed by atoms with Crippen LogP contribution in [0.5, 0.6) is 5.75 Å². The van der Waals surface area contributed by atoms with Gasteiger partial charge in [-0.2, -0.15) is 11.8 Å². The van der Waals surface area contributed by atoms with E-state index in [2.05, 4.69) is 0 Å². The van der Waals surface area contributed by atoms with Crippen molar-refractivity contribution in [2.24, 2.45) is 0 Å². The molecule has 2 aliphatic heterocycles. The van der Waals surface area contributed by atoms with E-state index in [4.69, 9.17) is 16.3 Å². The molecule has 1 fully saturated rings. The highest BCUT2D eigenvalue weighted by molar-refractivity contribution is 7.99. The lowest BCUT2D eigenvalue weighted by Crippen LogP contribution is -2.41. The Kier molecular flexibility index (Phi) is 2.57. The van der Waals surface area contributed by atoms with Gasteiger partial charge in [-0.1, -0.05) is 11.6 Å². The monoisotopic (exact) mass is 256 g/mol. The van der Waals surface area contributed by atoms with Crippen molar-refractivity contribution in [1.29, 1.82) is 0 Å². The Morgan fingerprint density at radius 1 is 1.50 bits per heavy atom. The molecule has 0 aliphatic carbocycles. The van der Waals surface area contributed by atoms with Crippen molar-refractivity contribution in [3.63, 3.8) is 0 Å². The Balaban J connectivity index is 1.99. The molecule has 2 atom stereocenters. The molecule has 4 heteroatoms. The Bertz CT molecular complexity index is 415. The van der Waals surface area contributed by atoms with Crippen LogP contribution in [0.25, 0.3) is 0 Å². The molecule has 16 heavy (non-hydrogen) atoms. The maximum Gasteiger partial charge on any atom is 0.126 e. The van der Waals surface area contributed by atoms with Crippen LogP contribution in [-0.2, 0) is 0 Å². The van der Waals surface area contributed by atoms with Crippen LogP contribution in [0.3, 0.4) is 0 Å². The van der Waals surface area contributed by atoms with Gasteiger partial charge < -0.3 is 9.84 Å². The third-order valence-electron chi connectivity index (χ3n) is 3.29. The number of thioether (sulfide) groups is 1. The van der Waals surface area contributed by atoms with Crippen molar-refractivity contribution < 1.29 is 9.84 Å². The molecule has 0 amide bonds. The largest absolute Gasteiger partial charge is 0.486 e. The second kappa shape index (κ2) is 3.83. The van der Waals surface area contributed by atoms with E-state index < -0.39 is 6.10 Å². The molecule has 0 saturated carbocycles. The fraction of sp³-hybridized carbons (Fsp3) is 0.500. The molecule has 2 nitrogen and oxygen atoms in total. The quantitative estimate of drug-likeness (QED) is 0.774. The smallest absolute Gasteiger partial charge is 0.126 e. The molecule has 2 unspecified atom stereocenters. The van der Waals surface area contributed by atoms with E-state index in [-0.39, 0.29) is 5.60 Å². The van der Waals surface area contributed by atoms with E-state index in [0.717, 1.165) is 29.2 Å². The number of hydrogen-bond acceptors (Lipinski definition) is 3. The Hall–Kier alpha value is -0.380. The summed E-state index contributed by atoms with van der Waals surface area (Å²) in [6.07, 6.45) is 1.27. The first-order chi connectivity index (χ1) is 7.69. The second-order valence-electron chi connectivity index (χ2n) is 4.49. The number of benzene rings is 1. The van der Waals surface area contributed by atoms with Crippen molar-refractivity contribution in [2.45, 2.75) is 24.5 Å². The van der Waals surface area contributed by atoms with Crippen LogP contribution in [0, 0.1) is 0 Å². The predicted molar refractivity (Wildman–Crippen MR) is 66.3 cm³/mol. The fourth-order valence-electron chi connectivity index (χ4n) is 2.44. The van der Waals surface area contributed by atoms with Gasteiger partial charge in [0.1, 0.15) is 11.4 Å². The molecule has 2 aliphatic rings. The molecule has 1 N–H and O–H groups in total. The molecule has 0 bridgehead atoms. The third kappa shape index (κ3) is 1.71. The highest BCUT2D eigenvalue weighted by Crippen LogP contribution is 2.46. The number of ether oxygens (including phenoxy) is 1. The van der Waals surface area contributed by atoms with E-state index in [1.165, 1.54) is 0 Å². The lowest BCUT2D eigenvalue weighted by molar-refractivity contribution is 0.00409. The molecule has 1 saturated heterocycles. The van der Waals surface area contributed by atoms with Gasteiger partial charge in [-0.15, -0.1) is 0 Å². The number of aliphatic hydroxyl groups excluding tert-OH is 1. The second-order valence-corrected chi connectivity index (χ2v) is 6.03. The van der Waals surface area contributed by atoms with Gasteiger partial charge in [-0.05, 0) is 30.4 Å². The van der Waals surface area contributed by atoms with Crippen molar-refractivity contribution in [1.82, 2.24) is 0 Å². The normalized spacial score (nSPS) is 32.5. The van der Waals surface area contributed by atoms with Gasteiger partial charge in [0.25, 0.3) is 0 Å². The van der Waals surface area contributed by atoms with Crippen LogP contribution in [0.1, 0.15) is 24.5 Å². The number of halogens is 1. The van der Waals surface area contributed by atoms with Crippen molar-refractivity contribution in [3.05, 3.63) is 28.8 Å². The third-order valence-corrected chi connectivity index (χ3v) is 4.75. The summed E-state index contributed by atoms with van der Waals surface area (Å²) in [7, 11) is 0. The summed E-state index contributed by atoms with van der Waals surface area (Å²) in [5, 5.41) is 10.8. The molecule has 1 aromatic rings. The molecule has 1 spiro atoms. The lowest BCUT2D eigenvalue weighted by Gasteiger charge is -2.37. The average molecular weight is 257 g/mol. The summed E-state index contributed by atoms with van der Waals surface area (Å²) in [4.78, 5) is 0. The first-order valence-electron chi connectivity index (χ1n) is 5.43. The van der Waals surface area contributed by atoms with Gasteiger partial charge in [-0.3, -0.25) is 0 Å². The maximum atomic E-state index is 10.2. The van der Waals surface area contributed by atoms with Gasteiger partial charge >= 0.3 is 0 Å². The topological polar surface area (TPSA) is 29.5 Å². The summed E-state index contributed by atoms with van der Waals surface area (Å²) in [5.41, 5.74) is 0.681. The van der Waals surface area contributed by atoms with Gasteiger partial charge in [0, 0.05) is 22.8 Å². The molecule has 2 heterocycles. The van der Waals surface area contributed by atoms with E-state index in [1.807, 2.05) is 23.9 Å². The minimum absolute atomic E-state index is 0.148. The minimum Gasteiger partial charge on any atom is -0.486 e. The zero-order valence-corrected chi connectivity index (χ0v) is 10.4. The highest BCUT2D eigenvalue weighted by Gasteiger charge is 2.43. The van der Waals surface area contributed by atoms with Crippen LogP contribution >= 0.6 is 23.4 Å². The van der Waals surface area contributed by atoms with E-state index >= 15 is 0 Å². The molecule has 0 radical (unpaired) electrons. The fourth-order valence-corrected chi connectivity index (χ4v) is 3.97.